The quantitative estimate of drug-likeness (QED) is 0.326. The van der Waals surface area contributed by atoms with Crippen LogP contribution in [0.2, 0.25) is 10.0 Å². The largest absolute Gasteiger partial charge is 0.352 e. The highest BCUT2D eigenvalue weighted by atomic mass is 35.5. The van der Waals surface area contributed by atoms with E-state index < -0.39 is 28.5 Å². The van der Waals surface area contributed by atoms with Crippen molar-refractivity contribution in [1.82, 2.24) is 10.2 Å². The molecule has 3 aromatic rings. The number of hydrogen-bond donors (Lipinski definition) is 1. The lowest BCUT2D eigenvalue weighted by molar-refractivity contribution is -0.139. The fourth-order valence-electron chi connectivity index (χ4n) is 4.04. The van der Waals surface area contributed by atoms with Crippen LogP contribution in [0.25, 0.3) is 0 Å². The minimum Gasteiger partial charge on any atom is -0.352 e. The maximum absolute atomic E-state index is 14.0. The highest BCUT2D eigenvalue weighted by Gasteiger charge is 2.33. The van der Waals surface area contributed by atoms with Crippen LogP contribution in [0.4, 0.5) is 5.69 Å². The van der Waals surface area contributed by atoms with Gasteiger partial charge in [0.1, 0.15) is 12.6 Å². The van der Waals surface area contributed by atoms with E-state index in [9.17, 15) is 18.0 Å². The fourth-order valence-corrected chi connectivity index (χ4v) is 6.00. The Morgan fingerprint density at radius 2 is 1.59 bits per heavy atom. The summed E-state index contributed by atoms with van der Waals surface area (Å²) >= 11 is 12.5. The van der Waals surface area contributed by atoms with Crippen LogP contribution < -0.4 is 9.62 Å². The molecule has 0 radical (unpaired) electrons. The maximum Gasteiger partial charge on any atom is 0.264 e. The predicted molar refractivity (Wildman–Crippen MR) is 157 cm³/mol. The van der Waals surface area contributed by atoms with Gasteiger partial charge in [0, 0.05) is 22.6 Å². The zero-order valence-electron chi connectivity index (χ0n) is 22.6. The number of nitrogens with zero attached hydrogens (tertiary/aromatic N) is 2. The van der Waals surface area contributed by atoms with Crippen molar-refractivity contribution in [3.8, 4) is 0 Å². The molecule has 1 N–H and O–H groups in total. The van der Waals surface area contributed by atoms with Crippen LogP contribution in [0.5, 0.6) is 0 Å². The average Bonchev–Trinajstić information content (AvgIpc) is 2.88. The average molecular weight is 591 g/mol. The summed E-state index contributed by atoms with van der Waals surface area (Å²) in [6, 6.07) is 17.2. The van der Waals surface area contributed by atoms with Crippen molar-refractivity contribution in [2.24, 2.45) is 0 Å². The van der Waals surface area contributed by atoms with Crippen LogP contribution in [-0.2, 0) is 26.2 Å². The van der Waals surface area contributed by atoms with Gasteiger partial charge in [0.2, 0.25) is 11.8 Å². The second kappa shape index (κ2) is 12.9. The Labute approximate surface area is 240 Å². The summed E-state index contributed by atoms with van der Waals surface area (Å²) in [5.41, 5.74) is 2.48. The highest BCUT2D eigenvalue weighted by Crippen LogP contribution is 2.29. The first kappa shape index (κ1) is 30.5. The topological polar surface area (TPSA) is 86.8 Å². The normalized spacial score (nSPS) is 12.2. The summed E-state index contributed by atoms with van der Waals surface area (Å²) in [6.45, 7) is 8.35. The molecule has 0 saturated heterocycles. The number of nitrogens with one attached hydrogen (secondary N) is 1. The van der Waals surface area contributed by atoms with Crippen molar-refractivity contribution in [1.29, 1.82) is 0 Å². The van der Waals surface area contributed by atoms with Crippen molar-refractivity contribution in [3.63, 3.8) is 0 Å². The number of halogens is 2. The Bertz CT molecular complexity index is 1450. The Morgan fingerprint density at radius 3 is 2.21 bits per heavy atom. The van der Waals surface area contributed by atoms with Gasteiger partial charge in [-0.2, -0.15) is 0 Å². The van der Waals surface area contributed by atoms with Crippen LogP contribution in [0.1, 0.15) is 37.5 Å². The van der Waals surface area contributed by atoms with E-state index in [-0.39, 0.29) is 23.4 Å². The molecule has 0 spiro atoms. The third kappa shape index (κ3) is 7.53. The molecule has 0 heterocycles. The van der Waals surface area contributed by atoms with Crippen molar-refractivity contribution in [2.45, 2.75) is 58.1 Å². The van der Waals surface area contributed by atoms with E-state index in [1.807, 2.05) is 32.9 Å². The highest BCUT2D eigenvalue weighted by molar-refractivity contribution is 7.92. The molecule has 3 rings (SSSR count). The number of carbonyl (C=O) groups excluding carboxylic acids is 2. The number of rotatable bonds is 10. The first-order chi connectivity index (χ1) is 18.3. The lowest BCUT2D eigenvalue weighted by atomic mass is 10.1. The van der Waals surface area contributed by atoms with Crippen molar-refractivity contribution >= 4 is 50.7 Å². The van der Waals surface area contributed by atoms with E-state index in [1.165, 1.54) is 17.0 Å². The minimum atomic E-state index is -4.13. The second-order valence-electron chi connectivity index (χ2n) is 9.71. The minimum absolute atomic E-state index is 0.0203. The summed E-state index contributed by atoms with van der Waals surface area (Å²) in [5, 5.41) is 3.59. The first-order valence-corrected chi connectivity index (χ1v) is 14.7. The number of carbonyl (C=O) groups is 2. The van der Waals surface area contributed by atoms with Crippen molar-refractivity contribution in [2.75, 3.05) is 10.8 Å². The van der Waals surface area contributed by atoms with Gasteiger partial charge in [-0.15, -0.1) is 0 Å². The third-order valence-corrected chi connectivity index (χ3v) is 8.56. The zero-order chi connectivity index (χ0) is 28.9. The summed E-state index contributed by atoms with van der Waals surface area (Å²) in [6.07, 6.45) is 0. The number of aryl methyl sites for hydroxylation is 2. The molecule has 7 nitrogen and oxygen atoms in total. The number of hydrogen-bond acceptors (Lipinski definition) is 4. The van der Waals surface area contributed by atoms with Crippen LogP contribution in [-0.4, -0.2) is 43.8 Å². The van der Waals surface area contributed by atoms with Gasteiger partial charge in [0.25, 0.3) is 10.0 Å². The van der Waals surface area contributed by atoms with Gasteiger partial charge in [-0.25, -0.2) is 8.42 Å². The summed E-state index contributed by atoms with van der Waals surface area (Å²) in [7, 11) is -4.13. The van der Waals surface area contributed by atoms with E-state index in [2.05, 4.69) is 5.32 Å². The molecule has 0 fully saturated rings. The molecule has 3 aromatic carbocycles. The maximum atomic E-state index is 14.0. The molecular weight excluding hydrogens is 557 g/mol. The molecule has 0 saturated carbocycles. The molecule has 1 atom stereocenters. The SMILES string of the molecule is Cc1ccc(C)c(N(CC(=O)N(Cc2ccc(Cl)cc2Cl)[C@H](C)C(=O)NC(C)C)S(=O)(=O)c2ccccc2)c1. The van der Waals surface area contributed by atoms with Gasteiger partial charge in [-0.05, 0) is 81.6 Å². The fraction of sp³-hybridized carbons (Fsp3) is 0.310. The number of benzene rings is 3. The van der Waals surface area contributed by atoms with E-state index >= 15 is 0 Å². The second-order valence-corrected chi connectivity index (χ2v) is 12.4. The van der Waals surface area contributed by atoms with Gasteiger partial charge in [-0.1, -0.05) is 59.6 Å². The molecule has 0 unspecified atom stereocenters. The van der Waals surface area contributed by atoms with E-state index in [0.717, 1.165) is 9.87 Å². The first-order valence-electron chi connectivity index (χ1n) is 12.5. The van der Waals surface area contributed by atoms with Crippen molar-refractivity contribution < 1.29 is 18.0 Å². The van der Waals surface area contributed by atoms with Crippen molar-refractivity contribution in [3.05, 3.63) is 93.5 Å². The van der Waals surface area contributed by atoms with Gasteiger partial charge in [-0.3, -0.25) is 13.9 Å². The summed E-state index contributed by atoms with van der Waals surface area (Å²) < 4.78 is 28.9. The molecule has 10 heteroatoms. The Hall–Kier alpha value is -3.07. The Balaban J connectivity index is 2.08. The molecule has 0 aliphatic rings. The van der Waals surface area contributed by atoms with Gasteiger partial charge in [0.05, 0.1) is 10.6 Å². The van der Waals surface area contributed by atoms with Crippen LogP contribution in [0.15, 0.2) is 71.6 Å². The molecule has 0 aliphatic heterocycles. The standard InChI is InChI=1S/C29H33Cl2N3O4S/c1-19(2)32-29(36)22(5)33(17-23-13-14-24(30)16-26(23)31)28(35)18-34(27-15-20(3)11-12-21(27)4)39(37,38)25-9-7-6-8-10-25/h6-16,19,22H,17-18H2,1-5H3,(H,32,36)/t22-/m1/s1. The van der Waals surface area contributed by atoms with Crippen LogP contribution >= 0.6 is 23.2 Å². The van der Waals surface area contributed by atoms with E-state index in [1.54, 1.807) is 56.3 Å². The number of sulfonamides is 1. The van der Waals surface area contributed by atoms with E-state index in [0.29, 0.717) is 26.9 Å². The zero-order valence-corrected chi connectivity index (χ0v) is 24.9. The van der Waals surface area contributed by atoms with Crippen LogP contribution in [0, 0.1) is 13.8 Å². The summed E-state index contributed by atoms with van der Waals surface area (Å²) in [5.74, 6) is -0.930. The molecule has 2 amide bonds. The smallest absolute Gasteiger partial charge is 0.264 e. The Morgan fingerprint density at radius 1 is 0.923 bits per heavy atom. The monoisotopic (exact) mass is 589 g/mol. The van der Waals surface area contributed by atoms with Gasteiger partial charge < -0.3 is 10.2 Å². The summed E-state index contributed by atoms with van der Waals surface area (Å²) in [4.78, 5) is 28.4. The molecule has 208 valence electrons. The molecule has 0 aromatic heterocycles. The molecule has 0 bridgehead atoms. The Kier molecular flexibility index (Phi) is 10.0. The molecule has 39 heavy (non-hydrogen) atoms. The lowest BCUT2D eigenvalue weighted by Crippen LogP contribution is -2.52. The van der Waals surface area contributed by atoms with Crippen LogP contribution in [0.3, 0.4) is 0 Å². The van der Waals surface area contributed by atoms with Gasteiger partial charge in [0.15, 0.2) is 0 Å². The molecular formula is C29H33Cl2N3O4S. The lowest BCUT2D eigenvalue weighted by Gasteiger charge is -2.33. The van der Waals surface area contributed by atoms with E-state index in [4.69, 9.17) is 23.2 Å². The molecule has 0 aliphatic carbocycles. The van der Waals surface area contributed by atoms with Gasteiger partial charge >= 0.3 is 0 Å². The number of amides is 2. The number of anilines is 1. The third-order valence-electron chi connectivity index (χ3n) is 6.20. The predicted octanol–water partition coefficient (Wildman–Crippen LogP) is 5.75.